The van der Waals surface area contributed by atoms with E-state index in [0.29, 0.717) is 25.7 Å². The first-order valence-electron chi connectivity index (χ1n) is 6.26. The molecular formula is C12H23NO4S. The number of nitrogens with one attached hydrogen (secondary N) is 1. The monoisotopic (exact) mass is 277 g/mol. The highest BCUT2D eigenvalue weighted by molar-refractivity contribution is 7.91. The van der Waals surface area contributed by atoms with E-state index in [1.807, 2.05) is 20.8 Å². The van der Waals surface area contributed by atoms with Crippen LogP contribution in [0.1, 0.15) is 46.5 Å². The maximum atomic E-state index is 11.6. The van der Waals surface area contributed by atoms with Gasteiger partial charge in [-0.3, -0.25) is 0 Å². The molecule has 0 radical (unpaired) electrons. The first-order chi connectivity index (χ1) is 8.08. The van der Waals surface area contributed by atoms with Crippen LogP contribution in [0.4, 0.5) is 4.79 Å². The van der Waals surface area contributed by atoms with Crippen molar-refractivity contribution >= 4 is 15.9 Å². The van der Waals surface area contributed by atoms with Crippen LogP contribution in [-0.2, 0) is 14.6 Å². The first-order valence-corrected chi connectivity index (χ1v) is 8.22. The predicted octanol–water partition coefficient (Wildman–Crippen LogP) is 1.87. The van der Waals surface area contributed by atoms with Gasteiger partial charge in [0.05, 0.1) is 5.25 Å². The average Bonchev–Trinajstić information content (AvgIpc) is 2.13. The molecule has 0 aromatic rings. The molecule has 0 aromatic carbocycles. The molecule has 0 heterocycles. The summed E-state index contributed by atoms with van der Waals surface area (Å²) in [6.07, 6.45) is 3.46. The lowest BCUT2D eigenvalue weighted by molar-refractivity contribution is 0.0493. The smallest absolute Gasteiger partial charge is 0.407 e. The maximum absolute atomic E-state index is 11.6. The highest BCUT2D eigenvalue weighted by atomic mass is 32.2. The maximum Gasteiger partial charge on any atom is 0.407 e. The van der Waals surface area contributed by atoms with Crippen molar-refractivity contribution in [2.45, 2.75) is 63.3 Å². The van der Waals surface area contributed by atoms with Gasteiger partial charge in [-0.15, -0.1) is 0 Å². The van der Waals surface area contributed by atoms with Gasteiger partial charge in [0.1, 0.15) is 15.4 Å². The number of amides is 1. The van der Waals surface area contributed by atoms with Crippen LogP contribution in [0.25, 0.3) is 0 Å². The molecule has 0 saturated heterocycles. The van der Waals surface area contributed by atoms with Crippen molar-refractivity contribution in [1.29, 1.82) is 0 Å². The molecule has 1 saturated carbocycles. The number of hydrogen-bond donors (Lipinski definition) is 1. The summed E-state index contributed by atoms with van der Waals surface area (Å²) < 4.78 is 27.9. The standard InChI is InChI=1S/C12H23NO4S/c1-12(2,3)17-11(14)13-9-5-7-10(8-6-9)18(4,15)16/h9-10H,5-8H2,1-4H3,(H,13,14). The van der Waals surface area contributed by atoms with E-state index in [4.69, 9.17) is 4.74 Å². The van der Waals surface area contributed by atoms with Gasteiger partial charge in [0.2, 0.25) is 0 Å². The van der Waals surface area contributed by atoms with Gasteiger partial charge in [0, 0.05) is 12.3 Å². The van der Waals surface area contributed by atoms with Crippen molar-refractivity contribution in [1.82, 2.24) is 5.32 Å². The van der Waals surface area contributed by atoms with Crippen LogP contribution < -0.4 is 5.32 Å². The number of rotatable bonds is 2. The van der Waals surface area contributed by atoms with Gasteiger partial charge in [-0.05, 0) is 46.5 Å². The molecule has 18 heavy (non-hydrogen) atoms. The minimum Gasteiger partial charge on any atom is -0.444 e. The molecule has 1 aliphatic carbocycles. The fourth-order valence-electron chi connectivity index (χ4n) is 2.11. The Labute approximate surface area is 109 Å². The van der Waals surface area contributed by atoms with Crippen molar-refractivity contribution in [2.24, 2.45) is 0 Å². The van der Waals surface area contributed by atoms with Gasteiger partial charge in [-0.1, -0.05) is 0 Å². The fourth-order valence-corrected chi connectivity index (χ4v) is 3.24. The van der Waals surface area contributed by atoms with Gasteiger partial charge >= 0.3 is 6.09 Å². The van der Waals surface area contributed by atoms with Gasteiger partial charge in [-0.2, -0.15) is 0 Å². The van der Waals surface area contributed by atoms with Crippen molar-refractivity contribution in [3.63, 3.8) is 0 Å². The summed E-state index contributed by atoms with van der Waals surface area (Å²) in [4.78, 5) is 11.6. The Kier molecular flexibility index (Phi) is 4.64. The molecule has 1 fully saturated rings. The largest absolute Gasteiger partial charge is 0.444 e. The molecule has 1 amide bonds. The van der Waals surface area contributed by atoms with Crippen molar-refractivity contribution < 1.29 is 17.9 Å². The lowest BCUT2D eigenvalue weighted by Crippen LogP contribution is -2.42. The zero-order chi connectivity index (χ0) is 14.0. The van der Waals surface area contributed by atoms with Crippen LogP contribution in [0.5, 0.6) is 0 Å². The molecule has 0 aliphatic heterocycles. The number of carbonyl (C=O) groups excluding carboxylic acids is 1. The minimum absolute atomic E-state index is 0.0258. The third-order valence-electron chi connectivity index (χ3n) is 3.00. The number of carbonyl (C=O) groups is 1. The van der Waals surface area contributed by atoms with Gasteiger partial charge < -0.3 is 10.1 Å². The summed E-state index contributed by atoms with van der Waals surface area (Å²) in [5.74, 6) is 0. The SMILES string of the molecule is CC(C)(C)OC(=O)NC1CCC(S(C)(=O)=O)CC1. The van der Waals surface area contributed by atoms with Gasteiger partial charge in [0.25, 0.3) is 0 Å². The molecule has 6 heteroatoms. The number of ether oxygens (including phenoxy) is 1. The fraction of sp³-hybridized carbons (Fsp3) is 0.917. The second-order valence-electron chi connectivity index (χ2n) is 5.95. The molecule has 1 N–H and O–H groups in total. The molecular weight excluding hydrogens is 254 g/mol. The number of alkyl carbamates (subject to hydrolysis) is 1. The summed E-state index contributed by atoms with van der Waals surface area (Å²) in [7, 11) is -2.95. The van der Waals surface area contributed by atoms with Crippen LogP contribution in [0.15, 0.2) is 0 Å². The summed E-state index contributed by atoms with van der Waals surface area (Å²) in [5.41, 5.74) is -0.506. The van der Waals surface area contributed by atoms with Crippen molar-refractivity contribution in [3.8, 4) is 0 Å². The highest BCUT2D eigenvalue weighted by Gasteiger charge is 2.29. The molecule has 1 rings (SSSR count). The quantitative estimate of drug-likeness (QED) is 0.836. The Morgan fingerprint density at radius 1 is 1.17 bits per heavy atom. The molecule has 0 aromatic heterocycles. The van der Waals surface area contributed by atoms with E-state index in [1.54, 1.807) is 0 Å². The van der Waals surface area contributed by atoms with E-state index >= 15 is 0 Å². The van der Waals surface area contributed by atoms with E-state index in [0.717, 1.165) is 0 Å². The van der Waals surface area contributed by atoms with E-state index in [9.17, 15) is 13.2 Å². The zero-order valence-electron chi connectivity index (χ0n) is 11.5. The molecule has 0 spiro atoms. The average molecular weight is 277 g/mol. The molecule has 0 bridgehead atoms. The molecule has 5 nitrogen and oxygen atoms in total. The molecule has 1 aliphatic rings. The van der Waals surface area contributed by atoms with Crippen molar-refractivity contribution in [2.75, 3.05) is 6.26 Å². The number of sulfone groups is 1. The summed E-state index contributed by atoms with van der Waals surface area (Å²) in [5, 5.41) is 2.54. The zero-order valence-corrected chi connectivity index (χ0v) is 12.3. The normalized spacial score (nSPS) is 25.6. The second kappa shape index (κ2) is 5.47. The van der Waals surface area contributed by atoms with E-state index in [2.05, 4.69) is 5.32 Å². The Morgan fingerprint density at radius 2 is 1.67 bits per heavy atom. The molecule has 106 valence electrons. The van der Waals surface area contributed by atoms with Crippen LogP contribution in [0.2, 0.25) is 0 Å². The lowest BCUT2D eigenvalue weighted by atomic mass is 9.95. The Balaban J connectivity index is 2.38. The van der Waals surface area contributed by atoms with Crippen LogP contribution in [0, 0.1) is 0 Å². The summed E-state index contributed by atoms with van der Waals surface area (Å²) in [6, 6.07) is 0.0258. The van der Waals surface area contributed by atoms with E-state index in [-0.39, 0.29) is 11.3 Å². The topological polar surface area (TPSA) is 72.5 Å². The summed E-state index contributed by atoms with van der Waals surface area (Å²) >= 11 is 0. The van der Waals surface area contributed by atoms with Crippen LogP contribution >= 0.6 is 0 Å². The Bertz CT molecular complexity index is 389. The third-order valence-corrected chi connectivity index (χ3v) is 4.68. The molecule has 0 atom stereocenters. The second-order valence-corrected chi connectivity index (χ2v) is 8.28. The Hall–Kier alpha value is -0.780. The van der Waals surface area contributed by atoms with Gasteiger partial charge in [0.15, 0.2) is 0 Å². The summed E-state index contributed by atoms with van der Waals surface area (Å²) in [6.45, 7) is 5.44. The van der Waals surface area contributed by atoms with Crippen LogP contribution in [-0.4, -0.2) is 37.7 Å². The van der Waals surface area contributed by atoms with Crippen molar-refractivity contribution in [3.05, 3.63) is 0 Å². The third kappa shape index (κ3) is 5.25. The van der Waals surface area contributed by atoms with E-state index in [1.165, 1.54) is 6.26 Å². The number of hydrogen-bond acceptors (Lipinski definition) is 4. The Morgan fingerprint density at radius 3 is 2.06 bits per heavy atom. The predicted molar refractivity (Wildman–Crippen MR) is 70.3 cm³/mol. The highest BCUT2D eigenvalue weighted by Crippen LogP contribution is 2.24. The minimum atomic E-state index is -2.95. The first kappa shape index (κ1) is 15.3. The van der Waals surface area contributed by atoms with Crippen LogP contribution in [0.3, 0.4) is 0 Å². The van der Waals surface area contributed by atoms with E-state index < -0.39 is 21.5 Å². The molecule has 0 unspecified atom stereocenters. The van der Waals surface area contributed by atoms with Gasteiger partial charge in [-0.25, -0.2) is 13.2 Å². The lowest BCUT2D eigenvalue weighted by Gasteiger charge is -2.29.